The van der Waals surface area contributed by atoms with Crippen LogP contribution in [0, 0.1) is 13.8 Å². The van der Waals surface area contributed by atoms with Gasteiger partial charge in [-0.1, -0.05) is 23.8 Å². The van der Waals surface area contributed by atoms with Crippen molar-refractivity contribution < 1.29 is 0 Å². The van der Waals surface area contributed by atoms with Gasteiger partial charge in [0.25, 0.3) is 0 Å². The molecule has 19 heavy (non-hydrogen) atoms. The van der Waals surface area contributed by atoms with Crippen LogP contribution in [0.4, 0.5) is 5.69 Å². The zero-order valence-corrected chi connectivity index (χ0v) is 11.2. The molecule has 0 amide bonds. The molecule has 1 N–H and O–H groups in total. The van der Waals surface area contributed by atoms with Crippen LogP contribution in [0.5, 0.6) is 0 Å². The maximum Gasteiger partial charge on any atom is 0.137 e. The number of hydrogen-bond donors (Lipinski definition) is 1. The van der Waals surface area contributed by atoms with Gasteiger partial charge >= 0.3 is 0 Å². The molecule has 0 saturated carbocycles. The van der Waals surface area contributed by atoms with E-state index < -0.39 is 0 Å². The Bertz CT molecular complexity index is 696. The van der Waals surface area contributed by atoms with Crippen LogP contribution in [0.1, 0.15) is 17.0 Å². The fourth-order valence-corrected chi connectivity index (χ4v) is 2.15. The van der Waals surface area contributed by atoms with Crippen molar-refractivity contribution in [1.82, 2.24) is 9.38 Å². The lowest BCUT2D eigenvalue weighted by atomic mass is 10.2. The molecule has 0 bridgehead atoms. The van der Waals surface area contributed by atoms with Crippen LogP contribution in [0.15, 0.2) is 48.7 Å². The van der Waals surface area contributed by atoms with E-state index >= 15 is 0 Å². The number of fused-ring (bicyclic) bond motifs is 1. The molecule has 0 radical (unpaired) electrons. The molecular weight excluding hydrogens is 234 g/mol. The Morgan fingerprint density at radius 1 is 1.05 bits per heavy atom. The van der Waals surface area contributed by atoms with Crippen LogP contribution >= 0.6 is 0 Å². The summed E-state index contributed by atoms with van der Waals surface area (Å²) in [4.78, 5) is 4.61. The third-order valence-corrected chi connectivity index (χ3v) is 3.27. The molecule has 96 valence electrons. The molecule has 0 unspecified atom stereocenters. The summed E-state index contributed by atoms with van der Waals surface area (Å²) in [6, 6.07) is 14.6. The summed E-state index contributed by atoms with van der Waals surface area (Å²) in [5, 5.41) is 3.39. The van der Waals surface area contributed by atoms with Gasteiger partial charge in [0.15, 0.2) is 0 Å². The number of aromatic nitrogens is 2. The van der Waals surface area contributed by atoms with E-state index in [0.29, 0.717) is 0 Å². The molecule has 0 aliphatic heterocycles. The minimum Gasteiger partial charge on any atom is -0.379 e. The van der Waals surface area contributed by atoms with Crippen molar-refractivity contribution in [2.75, 3.05) is 5.32 Å². The Balaban J connectivity index is 1.78. The number of hydrogen-bond acceptors (Lipinski definition) is 2. The summed E-state index contributed by atoms with van der Waals surface area (Å²) in [7, 11) is 0. The first kappa shape index (κ1) is 11.8. The zero-order chi connectivity index (χ0) is 13.2. The first-order chi connectivity index (χ1) is 9.22. The Labute approximate surface area is 112 Å². The quantitative estimate of drug-likeness (QED) is 0.771. The Hall–Kier alpha value is -2.29. The van der Waals surface area contributed by atoms with E-state index in [0.717, 1.165) is 23.6 Å². The highest BCUT2D eigenvalue weighted by atomic mass is 15.0. The monoisotopic (exact) mass is 251 g/mol. The third kappa shape index (κ3) is 2.45. The van der Waals surface area contributed by atoms with Gasteiger partial charge in [0.05, 0.1) is 12.2 Å². The Kier molecular flexibility index (Phi) is 2.95. The lowest BCUT2D eigenvalue weighted by molar-refractivity contribution is 1.06. The van der Waals surface area contributed by atoms with E-state index in [1.165, 1.54) is 11.3 Å². The van der Waals surface area contributed by atoms with Gasteiger partial charge in [-0.2, -0.15) is 0 Å². The predicted molar refractivity (Wildman–Crippen MR) is 78.4 cm³/mol. The molecule has 0 saturated heterocycles. The summed E-state index contributed by atoms with van der Waals surface area (Å²) < 4.78 is 2.12. The van der Waals surface area contributed by atoms with Crippen LogP contribution in [0.2, 0.25) is 0 Å². The van der Waals surface area contributed by atoms with E-state index in [2.05, 4.69) is 65.1 Å². The molecule has 2 heterocycles. The molecule has 0 aliphatic carbocycles. The van der Waals surface area contributed by atoms with Gasteiger partial charge < -0.3 is 9.72 Å². The molecule has 3 nitrogen and oxygen atoms in total. The Morgan fingerprint density at radius 2 is 1.84 bits per heavy atom. The SMILES string of the molecule is Cc1ccc(NCc2cn3c(C)cccc3n2)cc1. The van der Waals surface area contributed by atoms with E-state index in [-0.39, 0.29) is 0 Å². The van der Waals surface area contributed by atoms with Crippen LogP contribution in [0.3, 0.4) is 0 Å². The molecular formula is C16H17N3. The van der Waals surface area contributed by atoms with Crippen molar-refractivity contribution in [3.05, 3.63) is 65.6 Å². The number of nitrogens with zero attached hydrogens (tertiary/aromatic N) is 2. The lowest BCUT2D eigenvalue weighted by Gasteiger charge is -2.04. The fraction of sp³-hybridized carbons (Fsp3) is 0.188. The average Bonchev–Trinajstić information content (AvgIpc) is 2.83. The number of pyridine rings is 1. The van der Waals surface area contributed by atoms with E-state index in [9.17, 15) is 0 Å². The average molecular weight is 251 g/mol. The fourth-order valence-electron chi connectivity index (χ4n) is 2.15. The second-order valence-corrected chi connectivity index (χ2v) is 4.85. The lowest BCUT2D eigenvalue weighted by Crippen LogP contribution is -1.99. The molecule has 3 rings (SSSR count). The minimum atomic E-state index is 0.740. The number of aryl methyl sites for hydroxylation is 2. The molecule has 0 atom stereocenters. The summed E-state index contributed by atoms with van der Waals surface area (Å²) in [5.74, 6) is 0. The van der Waals surface area contributed by atoms with Gasteiger partial charge in [-0.3, -0.25) is 0 Å². The number of anilines is 1. The molecule has 0 aliphatic rings. The van der Waals surface area contributed by atoms with Crippen molar-refractivity contribution in [1.29, 1.82) is 0 Å². The van der Waals surface area contributed by atoms with E-state index in [1.807, 2.05) is 12.1 Å². The number of benzene rings is 1. The second-order valence-electron chi connectivity index (χ2n) is 4.85. The Morgan fingerprint density at radius 3 is 2.58 bits per heavy atom. The first-order valence-electron chi connectivity index (χ1n) is 6.46. The van der Waals surface area contributed by atoms with Gasteiger partial charge in [-0.15, -0.1) is 0 Å². The first-order valence-corrected chi connectivity index (χ1v) is 6.46. The summed E-state index contributed by atoms with van der Waals surface area (Å²) in [6.45, 7) is 4.92. The number of nitrogens with one attached hydrogen (secondary N) is 1. The van der Waals surface area contributed by atoms with Gasteiger partial charge in [-0.25, -0.2) is 4.98 Å². The van der Waals surface area contributed by atoms with Crippen molar-refractivity contribution in [2.45, 2.75) is 20.4 Å². The van der Waals surface area contributed by atoms with Crippen LogP contribution in [-0.2, 0) is 6.54 Å². The smallest absolute Gasteiger partial charge is 0.137 e. The zero-order valence-electron chi connectivity index (χ0n) is 11.2. The third-order valence-electron chi connectivity index (χ3n) is 3.27. The number of rotatable bonds is 3. The molecule has 0 spiro atoms. The van der Waals surface area contributed by atoms with Crippen molar-refractivity contribution in [3.8, 4) is 0 Å². The minimum absolute atomic E-state index is 0.740. The van der Waals surface area contributed by atoms with Crippen LogP contribution in [-0.4, -0.2) is 9.38 Å². The topological polar surface area (TPSA) is 29.3 Å². The van der Waals surface area contributed by atoms with Crippen LogP contribution < -0.4 is 5.32 Å². The molecule has 1 aromatic carbocycles. The van der Waals surface area contributed by atoms with Gasteiger partial charge in [-0.05, 0) is 38.1 Å². The van der Waals surface area contributed by atoms with Crippen LogP contribution in [0.25, 0.3) is 5.65 Å². The van der Waals surface area contributed by atoms with Gasteiger partial charge in [0.2, 0.25) is 0 Å². The standard InChI is InChI=1S/C16H17N3/c1-12-6-8-14(9-7-12)17-10-15-11-19-13(2)4-3-5-16(19)18-15/h3-9,11,17H,10H2,1-2H3. The highest BCUT2D eigenvalue weighted by Gasteiger charge is 2.02. The predicted octanol–water partition coefficient (Wildman–Crippen LogP) is 3.56. The molecule has 3 heteroatoms. The maximum absolute atomic E-state index is 4.61. The molecule has 0 fully saturated rings. The highest BCUT2D eigenvalue weighted by molar-refractivity contribution is 5.46. The van der Waals surface area contributed by atoms with Crippen molar-refractivity contribution >= 4 is 11.3 Å². The van der Waals surface area contributed by atoms with E-state index in [1.54, 1.807) is 0 Å². The largest absolute Gasteiger partial charge is 0.379 e. The summed E-state index contributed by atoms with van der Waals surface area (Å²) in [5.41, 5.74) is 5.65. The normalized spacial score (nSPS) is 10.8. The highest BCUT2D eigenvalue weighted by Crippen LogP contribution is 2.12. The van der Waals surface area contributed by atoms with Crippen molar-refractivity contribution in [3.63, 3.8) is 0 Å². The second kappa shape index (κ2) is 4.76. The van der Waals surface area contributed by atoms with Crippen molar-refractivity contribution in [2.24, 2.45) is 0 Å². The summed E-state index contributed by atoms with van der Waals surface area (Å²) >= 11 is 0. The summed E-state index contributed by atoms with van der Waals surface area (Å²) in [6.07, 6.45) is 2.09. The number of imidazole rings is 1. The van der Waals surface area contributed by atoms with E-state index in [4.69, 9.17) is 0 Å². The molecule has 3 aromatic rings. The maximum atomic E-state index is 4.61. The van der Waals surface area contributed by atoms with Gasteiger partial charge in [0.1, 0.15) is 5.65 Å². The van der Waals surface area contributed by atoms with Gasteiger partial charge in [0, 0.05) is 17.6 Å². The molecule has 2 aromatic heterocycles.